The minimum Gasteiger partial charge on any atom is -0.349 e. The van der Waals surface area contributed by atoms with Crippen molar-refractivity contribution in [2.45, 2.75) is 25.7 Å². The number of carbonyl (C=O) groups is 1. The summed E-state index contributed by atoms with van der Waals surface area (Å²) in [5, 5.41) is 6.57. The highest BCUT2D eigenvalue weighted by Crippen LogP contribution is 2.44. The van der Waals surface area contributed by atoms with E-state index in [-0.39, 0.29) is 17.7 Å². The van der Waals surface area contributed by atoms with Gasteiger partial charge in [0.05, 0.1) is 0 Å². The number of aryl methyl sites for hydroxylation is 1. The zero-order chi connectivity index (χ0) is 18.1. The molecule has 2 N–H and O–H groups in total. The Morgan fingerprint density at radius 3 is 2.72 bits per heavy atom. The maximum atomic E-state index is 14.1. The first kappa shape index (κ1) is 17.3. The smallest absolute Gasteiger partial charge is 0.343 e. The predicted octanol–water partition coefficient (Wildman–Crippen LogP) is 1.95. The molecule has 1 amide bonds. The summed E-state index contributed by atoms with van der Waals surface area (Å²) in [6, 6.07) is 3.59. The molecule has 1 aliphatic carbocycles. The fourth-order valence-electron chi connectivity index (χ4n) is 3.18. The number of rotatable bonds is 6. The molecule has 0 unspecified atom stereocenters. The normalized spacial score (nSPS) is 16.5. The number of hydrogen-bond donors (Lipinski definition) is 2. The summed E-state index contributed by atoms with van der Waals surface area (Å²) < 4.78 is 28.2. The van der Waals surface area contributed by atoms with Gasteiger partial charge in [0, 0.05) is 19.7 Å². The monoisotopic (exact) mass is 350 g/mol. The molecule has 0 saturated heterocycles. The summed E-state index contributed by atoms with van der Waals surface area (Å²) in [6.07, 6.45) is 2.04. The average Bonchev–Trinajstić information content (AvgIpc) is 3.33. The second-order valence-electron chi connectivity index (χ2n) is 6.57. The van der Waals surface area contributed by atoms with Crippen molar-refractivity contribution < 1.29 is 13.6 Å². The van der Waals surface area contributed by atoms with Gasteiger partial charge in [-0.25, -0.2) is 18.3 Å². The SMILES string of the molecule is C[C@@H](c1ccc(F)cc1F)[C@@H](CNC(=O)c1nn(C)c(=O)[nH]1)C1CC1. The van der Waals surface area contributed by atoms with Crippen molar-refractivity contribution in [2.24, 2.45) is 18.9 Å². The molecular weight excluding hydrogens is 330 g/mol. The van der Waals surface area contributed by atoms with Crippen molar-refractivity contribution in [1.29, 1.82) is 0 Å². The van der Waals surface area contributed by atoms with Gasteiger partial charge in [-0.05, 0) is 42.2 Å². The summed E-state index contributed by atoms with van der Waals surface area (Å²) in [4.78, 5) is 25.9. The van der Waals surface area contributed by atoms with E-state index in [2.05, 4.69) is 15.4 Å². The van der Waals surface area contributed by atoms with E-state index in [0.29, 0.717) is 18.0 Å². The molecule has 1 heterocycles. The molecule has 1 aromatic heterocycles. The summed E-state index contributed by atoms with van der Waals surface area (Å²) in [5.41, 5.74) is -0.0237. The van der Waals surface area contributed by atoms with Gasteiger partial charge < -0.3 is 5.32 Å². The summed E-state index contributed by atoms with van der Waals surface area (Å²) in [6.45, 7) is 2.22. The number of aromatic nitrogens is 3. The van der Waals surface area contributed by atoms with Crippen LogP contribution >= 0.6 is 0 Å². The van der Waals surface area contributed by atoms with Crippen molar-refractivity contribution in [2.75, 3.05) is 6.54 Å². The third kappa shape index (κ3) is 3.78. The third-order valence-electron chi connectivity index (χ3n) is 4.81. The van der Waals surface area contributed by atoms with Gasteiger partial charge in [-0.3, -0.25) is 9.78 Å². The van der Waals surface area contributed by atoms with E-state index in [1.54, 1.807) is 0 Å². The Hall–Kier alpha value is -2.51. The quantitative estimate of drug-likeness (QED) is 0.836. The number of nitrogens with one attached hydrogen (secondary N) is 2. The molecule has 25 heavy (non-hydrogen) atoms. The molecule has 134 valence electrons. The highest BCUT2D eigenvalue weighted by molar-refractivity contribution is 5.90. The standard InChI is InChI=1S/C17H20F2N4O2/c1-9(12-6-5-11(18)7-14(12)19)13(10-3-4-10)8-20-16(24)15-21-17(25)23(2)22-15/h5-7,9-10,13H,3-4,8H2,1-2H3,(H,20,24)(H,21,22,25)/t9-,13+/m0/s1. The fourth-order valence-corrected chi connectivity index (χ4v) is 3.18. The average molecular weight is 350 g/mol. The Bertz CT molecular complexity index is 841. The molecule has 6 nitrogen and oxygen atoms in total. The Morgan fingerprint density at radius 2 is 2.16 bits per heavy atom. The van der Waals surface area contributed by atoms with Crippen LogP contribution in [-0.2, 0) is 7.05 Å². The van der Waals surface area contributed by atoms with Gasteiger partial charge in [-0.1, -0.05) is 13.0 Å². The highest BCUT2D eigenvalue weighted by atomic mass is 19.1. The first-order chi connectivity index (χ1) is 11.9. The third-order valence-corrected chi connectivity index (χ3v) is 4.81. The van der Waals surface area contributed by atoms with Crippen LogP contribution in [0.3, 0.4) is 0 Å². The fraction of sp³-hybridized carbons (Fsp3) is 0.471. The summed E-state index contributed by atoms with van der Waals surface area (Å²) >= 11 is 0. The van der Waals surface area contributed by atoms with Crippen LogP contribution in [0.2, 0.25) is 0 Å². The van der Waals surface area contributed by atoms with Crippen molar-refractivity contribution in [3.05, 3.63) is 51.7 Å². The van der Waals surface area contributed by atoms with Gasteiger partial charge in [0.25, 0.3) is 5.91 Å². The van der Waals surface area contributed by atoms with E-state index in [1.165, 1.54) is 19.2 Å². The molecule has 0 aliphatic heterocycles. The first-order valence-corrected chi connectivity index (χ1v) is 8.23. The van der Waals surface area contributed by atoms with Crippen LogP contribution in [-0.4, -0.2) is 27.2 Å². The molecule has 1 aromatic carbocycles. The molecule has 0 bridgehead atoms. The Morgan fingerprint density at radius 1 is 1.44 bits per heavy atom. The number of amides is 1. The second-order valence-corrected chi connectivity index (χ2v) is 6.57. The van der Waals surface area contributed by atoms with E-state index in [1.807, 2.05) is 6.92 Å². The number of aromatic amines is 1. The van der Waals surface area contributed by atoms with Gasteiger partial charge in [0.2, 0.25) is 5.82 Å². The largest absolute Gasteiger partial charge is 0.349 e. The van der Waals surface area contributed by atoms with Crippen LogP contribution in [0, 0.1) is 23.5 Å². The number of benzene rings is 1. The van der Waals surface area contributed by atoms with Gasteiger partial charge in [0.15, 0.2) is 0 Å². The van der Waals surface area contributed by atoms with Gasteiger partial charge >= 0.3 is 5.69 Å². The number of hydrogen-bond acceptors (Lipinski definition) is 3. The van der Waals surface area contributed by atoms with Crippen LogP contribution in [0.15, 0.2) is 23.0 Å². The Kier molecular flexibility index (Phi) is 4.69. The lowest BCUT2D eigenvalue weighted by Crippen LogP contribution is -2.33. The molecule has 2 atom stereocenters. The highest BCUT2D eigenvalue weighted by Gasteiger charge is 2.36. The minimum atomic E-state index is -0.608. The van der Waals surface area contributed by atoms with Gasteiger partial charge in [-0.2, -0.15) is 0 Å². The minimum absolute atomic E-state index is 0.0272. The zero-order valence-electron chi connectivity index (χ0n) is 14.1. The van der Waals surface area contributed by atoms with Crippen molar-refractivity contribution in [1.82, 2.24) is 20.1 Å². The van der Waals surface area contributed by atoms with E-state index in [4.69, 9.17) is 0 Å². The first-order valence-electron chi connectivity index (χ1n) is 8.23. The maximum Gasteiger partial charge on any atom is 0.343 e. The molecule has 8 heteroatoms. The van der Waals surface area contributed by atoms with Crippen molar-refractivity contribution in [3.8, 4) is 0 Å². The van der Waals surface area contributed by atoms with Crippen molar-refractivity contribution >= 4 is 5.91 Å². The van der Waals surface area contributed by atoms with Crippen LogP contribution < -0.4 is 11.0 Å². The maximum absolute atomic E-state index is 14.1. The number of halogens is 2. The van der Waals surface area contributed by atoms with Gasteiger partial charge in [-0.15, -0.1) is 5.10 Å². The van der Waals surface area contributed by atoms with Crippen molar-refractivity contribution in [3.63, 3.8) is 0 Å². The predicted molar refractivity (Wildman–Crippen MR) is 87.1 cm³/mol. The van der Waals surface area contributed by atoms with E-state index < -0.39 is 23.2 Å². The summed E-state index contributed by atoms with van der Waals surface area (Å²) in [5.74, 6) is -1.46. The van der Waals surface area contributed by atoms with Gasteiger partial charge in [0.1, 0.15) is 11.6 Å². The van der Waals surface area contributed by atoms with E-state index in [9.17, 15) is 18.4 Å². The van der Waals surface area contributed by atoms with Crippen LogP contribution in [0.25, 0.3) is 0 Å². The second kappa shape index (κ2) is 6.78. The van der Waals surface area contributed by atoms with Crippen LogP contribution in [0.5, 0.6) is 0 Å². The molecule has 0 spiro atoms. The molecule has 1 saturated carbocycles. The molecule has 2 aromatic rings. The molecule has 1 fully saturated rings. The summed E-state index contributed by atoms with van der Waals surface area (Å²) in [7, 11) is 1.45. The van der Waals surface area contributed by atoms with Crippen LogP contribution in [0.1, 0.15) is 41.9 Å². The number of carbonyl (C=O) groups excluding carboxylic acids is 1. The van der Waals surface area contributed by atoms with E-state index >= 15 is 0 Å². The van der Waals surface area contributed by atoms with Crippen LogP contribution in [0.4, 0.5) is 8.78 Å². The molecule has 1 aliphatic rings. The lowest BCUT2D eigenvalue weighted by Gasteiger charge is -2.25. The zero-order valence-corrected chi connectivity index (χ0v) is 14.1. The molecule has 0 radical (unpaired) electrons. The lowest BCUT2D eigenvalue weighted by molar-refractivity contribution is 0.0932. The van der Waals surface area contributed by atoms with E-state index in [0.717, 1.165) is 23.6 Å². The Labute approximate surface area is 143 Å². The Balaban J connectivity index is 1.71. The topological polar surface area (TPSA) is 79.8 Å². The molecule has 3 rings (SSSR count). The lowest BCUT2D eigenvalue weighted by atomic mass is 9.83. The number of nitrogens with zero attached hydrogens (tertiary/aromatic N) is 2. The number of H-pyrrole nitrogens is 1. The molecular formula is C17H20F2N4O2.